The Morgan fingerprint density at radius 1 is 1.33 bits per heavy atom. The van der Waals surface area contributed by atoms with Gasteiger partial charge in [-0.25, -0.2) is 4.98 Å². The van der Waals surface area contributed by atoms with E-state index >= 15 is 0 Å². The van der Waals surface area contributed by atoms with Gasteiger partial charge in [-0.15, -0.1) is 0 Å². The van der Waals surface area contributed by atoms with Gasteiger partial charge in [-0.2, -0.15) is 0 Å². The number of aromatic nitrogens is 1. The van der Waals surface area contributed by atoms with Gasteiger partial charge in [-0.05, 0) is 47.3 Å². The van der Waals surface area contributed by atoms with Crippen molar-refractivity contribution in [1.29, 1.82) is 0 Å². The van der Waals surface area contributed by atoms with E-state index in [-0.39, 0.29) is 0 Å². The van der Waals surface area contributed by atoms with E-state index in [1.165, 1.54) is 24.2 Å². The largest absolute Gasteiger partial charge is 0.384 e. The molecule has 0 unspecified atom stereocenters. The molecule has 3 heteroatoms. The topological polar surface area (TPSA) is 24.9 Å². The number of rotatable bonds is 0. The van der Waals surface area contributed by atoms with E-state index in [0.717, 1.165) is 17.6 Å². The molecule has 0 amide bonds. The van der Waals surface area contributed by atoms with Crippen LogP contribution in [0.3, 0.4) is 0 Å². The predicted molar refractivity (Wildman–Crippen MR) is 53.4 cm³/mol. The monoisotopic (exact) mass is 226 g/mol. The van der Waals surface area contributed by atoms with E-state index in [2.05, 4.69) is 32.3 Å². The molecule has 1 aliphatic heterocycles. The second-order valence-electron chi connectivity index (χ2n) is 3.01. The lowest BCUT2D eigenvalue weighted by Crippen LogP contribution is -2.00. The van der Waals surface area contributed by atoms with E-state index in [4.69, 9.17) is 0 Å². The van der Waals surface area contributed by atoms with Crippen molar-refractivity contribution in [2.75, 3.05) is 11.9 Å². The van der Waals surface area contributed by atoms with Crippen LogP contribution in [-0.2, 0) is 6.42 Å². The maximum absolute atomic E-state index is 4.43. The summed E-state index contributed by atoms with van der Waals surface area (Å²) in [6.07, 6.45) is 3.58. The number of fused-ring (bicyclic) bond motifs is 1. The Hall–Kier alpha value is -0.570. The molecule has 12 heavy (non-hydrogen) atoms. The molecule has 0 atom stereocenters. The van der Waals surface area contributed by atoms with Gasteiger partial charge in [0.2, 0.25) is 0 Å². The van der Waals surface area contributed by atoms with E-state index in [1.807, 2.05) is 6.07 Å². The fraction of sp³-hybridized carbons (Fsp3) is 0.444. The minimum atomic E-state index is 0.935. The number of halogens is 1. The maximum Gasteiger partial charge on any atom is 0.106 e. The lowest BCUT2D eigenvalue weighted by molar-refractivity contribution is 0.773. The first-order valence-corrected chi connectivity index (χ1v) is 5.05. The Balaban J connectivity index is 2.36. The molecule has 1 N–H and O–H groups in total. The minimum absolute atomic E-state index is 0.935. The van der Waals surface area contributed by atoms with Crippen molar-refractivity contribution in [2.45, 2.75) is 19.3 Å². The summed E-state index contributed by atoms with van der Waals surface area (Å²) in [5.74, 6) is 0. The second kappa shape index (κ2) is 3.44. The third kappa shape index (κ3) is 1.61. The summed E-state index contributed by atoms with van der Waals surface area (Å²) < 4.78 is 0.935. The van der Waals surface area contributed by atoms with Crippen molar-refractivity contribution >= 4 is 21.6 Å². The first-order valence-electron chi connectivity index (χ1n) is 4.25. The lowest BCUT2D eigenvalue weighted by atomic mass is 10.2. The molecular weight excluding hydrogens is 216 g/mol. The summed E-state index contributed by atoms with van der Waals surface area (Å²) >= 11 is 3.38. The van der Waals surface area contributed by atoms with Crippen molar-refractivity contribution in [1.82, 2.24) is 4.98 Å². The predicted octanol–water partition coefficient (Wildman–Crippen LogP) is 2.59. The fourth-order valence-corrected chi connectivity index (χ4v) is 1.81. The van der Waals surface area contributed by atoms with Crippen LogP contribution in [0.15, 0.2) is 16.7 Å². The van der Waals surface area contributed by atoms with Gasteiger partial charge in [-0.1, -0.05) is 0 Å². The van der Waals surface area contributed by atoms with Crippen LogP contribution in [-0.4, -0.2) is 11.5 Å². The van der Waals surface area contributed by atoms with Crippen LogP contribution in [0.5, 0.6) is 0 Å². The lowest BCUT2D eigenvalue weighted by Gasteiger charge is -2.05. The van der Waals surface area contributed by atoms with Gasteiger partial charge in [0.1, 0.15) is 4.60 Å². The molecule has 0 aliphatic carbocycles. The molecule has 1 aromatic heterocycles. The zero-order chi connectivity index (χ0) is 8.39. The molecule has 0 radical (unpaired) electrons. The average molecular weight is 227 g/mol. The van der Waals surface area contributed by atoms with Gasteiger partial charge in [0.15, 0.2) is 0 Å². The average Bonchev–Trinajstić information content (AvgIpc) is 2.28. The zero-order valence-corrected chi connectivity index (χ0v) is 8.39. The first-order chi connectivity index (χ1) is 5.86. The summed E-state index contributed by atoms with van der Waals surface area (Å²) in [4.78, 5) is 4.43. The molecule has 64 valence electrons. The first kappa shape index (κ1) is 8.05. The van der Waals surface area contributed by atoms with Gasteiger partial charge < -0.3 is 5.32 Å². The Morgan fingerprint density at radius 2 is 2.25 bits per heavy atom. The van der Waals surface area contributed by atoms with Crippen LogP contribution < -0.4 is 5.32 Å². The van der Waals surface area contributed by atoms with Crippen LogP contribution in [0.4, 0.5) is 5.69 Å². The molecule has 1 aromatic rings. The molecule has 2 nitrogen and oxygen atoms in total. The van der Waals surface area contributed by atoms with Crippen LogP contribution in [0.2, 0.25) is 0 Å². The van der Waals surface area contributed by atoms with Crippen molar-refractivity contribution in [3.05, 3.63) is 22.4 Å². The van der Waals surface area contributed by atoms with Gasteiger partial charge in [0, 0.05) is 6.54 Å². The number of nitrogens with one attached hydrogen (secondary N) is 1. The minimum Gasteiger partial charge on any atom is -0.384 e. The third-order valence-corrected chi connectivity index (χ3v) is 2.54. The number of nitrogens with zero attached hydrogens (tertiary/aromatic N) is 1. The number of pyridine rings is 1. The summed E-state index contributed by atoms with van der Waals surface area (Å²) in [5.41, 5.74) is 2.40. The van der Waals surface area contributed by atoms with Gasteiger partial charge in [0.05, 0.1) is 11.4 Å². The molecule has 0 saturated heterocycles. The zero-order valence-electron chi connectivity index (χ0n) is 6.81. The smallest absolute Gasteiger partial charge is 0.106 e. The molecule has 1 aliphatic rings. The number of hydrogen-bond donors (Lipinski definition) is 1. The summed E-state index contributed by atoms with van der Waals surface area (Å²) in [6, 6.07) is 4.08. The highest BCUT2D eigenvalue weighted by atomic mass is 79.9. The molecule has 0 aromatic carbocycles. The van der Waals surface area contributed by atoms with Crippen molar-refractivity contribution < 1.29 is 0 Å². The van der Waals surface area contributed by atoms with Gasteiger partial charge >= 0.3 is 0 Å². The van der Waals surface area contributed by atoms with E-state index in [0.29, 0.717) is 0 Å². The molecule has 2 heterocycles. The van der Waals surface area contributed by atoms with Crippen LogP contribution in [0, 0.1) is 0 Å². The summed E-state index contributed by atoms with van der Waals surface area (Å²) in [5, 5.41) is 3.37. The normalized spacial score (nSPS) is 16.1. The molecule has 2 rings (SSSR count). The maximum atomic E-state index is 4.43. The Kier molecular flexibility index (Phi) is 2.30. The summed E-state index contributed by atoms with van der Waals surface area (Å²) in [7, 11) is 0. The third-order valence-electron chi connectivity index (χ3n) is 2.10. The van der Waals surface area contributed by atoms with Crippen molar-refractivity contribution in [2.24, 2.45) is 0 Å². The quantitative estimate of drug-likeness (QED) is 0.689. The summed E-state index contributed by atoms with van der Waals surface area (Å²) in [6.45, 7) is 1.08. The highest BCUT2D eigenvalue weighted by Gasteiger charge is 2.07. The van der Waals surface area contributed by atoms with E-state index in [9.17, 15) is 0 Å². The fourth-order valence-electron chi connectivity index (χ4n) is 1.47. The molecule has 0 fully saturated rings. The van der Waals surface area contributed by atoms with Crippen LogP contribution in [0.25, 0.3) is 0 Å². The van der Waals surface area contributed by atoms with E-state index < -0.39 is 0 Å². The molecule has 0 saturated carbocycles. The molecule has 0 bridgehead atoms. The second-order valence-corrected chi connectivity index (χ2v) is 3.82. The van der Waals surface area contributed by atoms with Crippen LogP contribution in [0.1, 0.15) is 18.5 Å². The Bertz CT molecular complexity index is 286. The van der Waals surface area contributed by atoms with Crippen molar-refractivity contribution in [3.8, 4) is 0 Å². The highest BCUT2D eigenvalue weighted by molar-refractivity contribution is 9.10. The standard InChI is InChI=1S/C9H11BrN2/c10-9-5-4-7-8(12-9)3-1-2-6-11-7/h4-5,11H,1-3,6H2. The number of anilines is 1. The molecular formula is C9H11BrN2. The molecule has 0 spiro atoms. The van der Waals surface area contributed by atoms with E-state index in [1.54, 1.807) is 0 Å². The SMILES string of the molecule is Brc1ccc2c(n1)CCCCN2. The Morgan fingerprint density at radius 3 is 3.17 bits per heavy atom. The number of aryl methyl sites for hydroxylation is 1. The van der Waals surface area contributed by atoms with Crippen LogP contribution >= 0.6 is 15.9 Å². The highest BCUT2D eigenvalue weighted by Crippen LogP contribution is 2.21. The number of hydrogen-bond acceptors (Lipinski definition) is 2. The van der Waals surface area contributed by atoms with Gasteiger partial charge in [-0.3, -0.25) is 0 Å². The van der Waals surface area contributed by atoms with Crippen molar-refractivity contribution in [3.63, 3.8) is 0 Å². The Labute approximate surface area is 80.5 Å². The van der Waals surface area contributed by atoms with Gasteiger partial charge in [0.25, 0.3) is 0 Å².